The van der Waals surface area contributed by atoms with Gasteiger partial charge in [0, 0.05) is 25.0 Å². The van der Waals surface area contributed by atoms with E-state index in [-0.39, 0.29) is 37.3 Å². The Morgan fingerprint density at radius 2 is 1.88 bits per heavy atom. The summed E-state index contributed by atoms with van der Waals surface area (Å²) < 4.78 is 7.12. The summed E-state index contributed by atoms with van der Waals surface area (Å²) in [4.78, 5) is 42.0. The summed E-state index contributed by atoms with van der Waals surface area (Å²) in [5.41, 5.74) is 3.10. The summed E-state index contributed by atoms with van der Waals surface area (Å²) in [5, 5.41) is 20.9. The van der Waals surface area contributed by atoms with E-state index in [0.29, 0.717) is 35.1 Å². The van der Waals surface area contributed by atoms with Crippen molar-refractivity contribution in [2.75, 3.05) is 13.2 Å². The highest BCUT2D eigenvalue weighted by molar-refractivity contribution is 6.07. The lowest BCUT2D eigenvalue weighted by atomic mass is 10.1. The molecule has 3 amide bonds. The van der Waals surface area contributed by atoms with Crippen LogP contribution in [-0.4, -0.2) is 68.8 Å². The molecule has 10 heteroatoms. The van der Waals surface area contributed by atoms with Crippen LogP contribution in [0.1, 0.15) is 45.4 Å². The lowest BCUT2D eigenvalue weighted by Gasteiger charge is -2.25. The zero-order chi connectivity index (χ0) is 28.2. The molecular weight excluding hydrogens is 510 g/mol. The van der Waals surface area contributed by atoms with Crippen molar-refractivity contribution in [2.45, 2.75) is 44.3 Å². The Kier molecular flexibility index (Phi) is 7.97. The summed E-state index contributed by atoms with van der Waals surface area (Å²) in [7, 11) is 1.71. The smallest absolute Gasteiger partial charge is 0.269 e. The lowest BCUT2D eigenvalue weighted by Crippen LogP contribution is -2.50. The maximum absolute atomic E-state index is 13.8. The number of aliphatic hydroxyl groups excluding tert-OH is 1. The van der Waals surface area contributed by atoms with Crippen molar-refractivity contribution in [1.82, 2.24) is 25.3 Å². The first kappa shape index (κ1) is 27.1. The normalized spacial score (nSPS) is 17.6. The fraction of sp³-hybridized carbons (Fsp3) is 0.333. The largest absolute Gasteiger partial charge is 0.463 e. The third-order valence-electron chi connectivity index (χ3n) is 7.33. The molecule has 2 aromatic carbocycles. The summed E-state index contributed by atoms with van der Waals surface area (Å²) in [6.07, 6.45) is 2.77. The maximum Gasteiger partial charge on any atom is 0.269 e. The van der Waals surface area contributed by atoms with Crippen molar-refractivity contribution in [3.8, 4) is 0 Å². The van der Waals surface area contributed by atoms with E-state index in [4.69, 9.17) is 4.42 Å². The molecule has 3 atom stereocenters. The van der Waals surface area contributed by atoms with Crippen LogP contribution in [0.4, 0.5) is 0 Å². The second kappa shape index (κ2) is 11.7. The molecule has 0 radical (unpaired) electrons. The fourth-order valence-electron chi connectivity index (χ4n) is 5.24. The van der Waals surface area contributed by atoms with Crippen molar-refractivity contribution in [3.05, 3.63) is 89.4 Å². The number of benzene rings is 2. The van der Waals surface area contributed by atoms with E-state index in [0.717, 1.165) is 11.3 Å². The second-order valence-electron chi connectivity index (χ2n) is 10.1. The number of hydrogen-bond acceptors (Lipinski definition) is 6. The summed E-state index contributed by atoms with van der Waals surface area (Å²) in [6, 6.07) is 16.7. The number of amides is 3. The van der Waals surface area contributed by atoms with Crippen LogP contribution in [0, 0.1) is 0 Å². The Balaban J connectivity index is 1.37. The summed E-state index contributed by atoms with van der Waals surface area (Å²) >= 11 is 0. The van der Waals surface area contributed by atoms with Gasteiger partial charge in [0.05, 0.1) is 23.9 Å². The van der Waals surface area contributed by atoms with E-state index in [1.807, 2.05) is 49.4 Å². The number of hydrogen-bond donors (Lipinski definition) is 3. The van der Waals surface area contributed by atoms with E-state index in [1.54, 1.807) is 25.2 Å². The van der Waals surface area contributed by atoms with Crippen LogP contribution in [0.15, 0.2) is 71.3 Å². The number of aliphatic hydroxyl groups is 1. The van der Waals surface area contributed by atoms with Gasteiger partial charge >= 0.3 is 0 Å². The lowest BCUT2D eigenvalue weighted by molar-refractivity contribution is -0.125. The number of likely N-dealkylation sites (tertiary alicyclic amines) is 1. The molecule has 0 bridgehead atoms. The standard InChI is InChI=1S/C30H33N5O5/c1-3-20-14-25(34(2)33-20)28(37)31-21-15-26(29(38)32-22(17-36)13-19-9-5-4-6-10-19)35(16-21)30(39)24-18-40-27-12-8-7-11-23(24)27/h4-12,14,18,21-22,26,36H,3,13,15-17H2,1-2H3,(H,31,37)(H,32,38)/t21-,22+,26+/m1/s1. The van der Waals surface area contributed by atoms with Gasteiger partial charge in [0.25, 0.3) is 11.8 Å². The van der Waals surface area contributed by atoms with Crippen LogP contribution >= 0.6 is 0 Å². The van der Waals surface area contributed by atoms with E-state index in [1.165, 1.54) is 15.8 Å². The number of nitrogens with one attached hydrogen (secondary N) is 2. The van der Waals surface area contributed by atoms with E-state index in [9.17, 15) is 19.5 Å². The number of nitrogens with zero attached hydrogens (tertiary/aromatic N) is 3. The van der Waals surface area contributed by atoms with Gasteiger partial charge in [0.15, 0.2) is 0 Å². The van der Waals surface area contributed by atoms with Gasteiger partial charge in [-0.1, -0.05) is 55.5 Å². The van der Waals surface area contributed by atoms with Crippen molar-refractivity contribution >= 4 is 28.7 Å². The van der Waals surface area contributed by atoms with Crippen molar-refractivity contribution in [1.29, 1.82) is 0 Å². The number of carbonyl (C=O) groups excluding carboxylic acids is 3. The molecule has 1 aliphatic heterocycles. The molecule has 208 valence electrons. The van der Waals surface area contributed by atoms with Crippen LogP contribution in [-0.2, 0) is 24.7 Å². The highest BCUT2D eigenvalue weighted by Gasteiger charge is 2.42. The predicted octanol–water partition coefficient (Wildman–Crippen LogP) is 2.46. The molecule has 4 aromatic rings. The molecule has 3 N–H and O–H groups in total. The average Bonchev–Trinajstić information content (AvgIpc) is 3.69. The second-order valence-corrected chi connectivity index (χ2v) is 10.1. The third-order valence-corrected chi connectivity index (χ3v) is 7.33. The minimum atomic E-state index is -0.853. The van der Waals surface area contributed by atoms with Gasteiger partial charge in [0.1, 0.15) is 23.6 Å². The molecule has 2 aromatic heterocycles. The Morgan fingerprint density at radius 3 is 2.60 bits per heavy atom. The van der Waals surface area contributed by atoms with Gasteiger partial charge in [-0.3, -0.25) is 19.1 Å². The van der Waals surface area contributed by atoms with E-state index in [2.05, 4.69) is 15.7 Å². The minimum Gasteiger partial charge on any atom is -0.463 e. The molecule has 1 aliphatic rings. The van der Waals surface area contributed by atoms with E-state index < -0.39 is 18.1 Å². The molecule has 5 rings (SSSR count). The monoisotopic (exact) mass is 543 g/mol. The number of para-hydroxylation sites is 1. The first-order valence-corrected chi connectivity index (χ1v) is 13.4. The predicted molar refractivity (Wildman–Crippen MR) is 149 cm³/mol. The molecule has 0 saturated carbocycles. The van der Waals surface area contributed by atoms with Crippen LogP contribution in [0.2, 0.25) is 0 Å². The number of furan rings is 1. The highest BCUT2D eigenvalue weighted by Crippen LogP contribution is 2.27. The fourth-order valence-corrected chi connectivity index (χ4v) is 5.24. The Bertz CT molecular complexity index is 1510. The Hall–Kier alpha value is -4.44. The van der Waals surface area contributed by atoms with Gasteiger partial charge in [-0.25, -0.2) is 0 Å². The summed E-state index contributed by atoms with van der Waals surface area (Å²) in [6.45, 7) is 1.85. The zero-order valence-corrected chi connectivity index (χ0v) is 22.5. The molecule has 1 fully saturated rings. The maximum atomic E-state index is 13.8. The van der Waals surface area contributed by atoms with Gasteiger partial charge in [-0.15, -0.1) is 0 Å². The summed E-state index contributed by atoms with van der Waals surface area (Å²) in [5.74, 6) is -1.07. The average molecular weight is 544 g/mol. The quantitative estimate of drug-likeness (QED) is 0.297. The molecule has 3 heterocycles. The first-order chi connectivity index (χ1) is 19.4. The number of aromatic nitrogens is 2. The van der Waals surface area contributed by atoms with Crippen molar-refractivity contribution in [3.63, 3.8) is 0 Å². The minimum absolute atomic E-state index is 0.142. The van der Waals surface area contributed by atoms with Crippen LogP contribution < -0.4 is 10.6 Å². The molecule has 10 nitrogen and oxygen atoms in total. The Labute approximate surface area is 232 Å². The first-order valence-electron chi connectivity index (χ1n) is 13.4. The van der Waals surface area contributed by atoms with Gasteiger partial charge < -0.3 is 25.1 Å². The van der Waals surface area contributed by atoms with Gasteiger partial charge in [-0.05, 0) is 37.0 Å². The number of carbonyl (C=O) groups is 3. The van der Waals surface area contributed by atoms with Gasteiger partial charge in [-0.2, -0.15) is 5.10 Å². The van der Waals surface area contributed by atoms with Crippen molar-refractivity contribution < 1.29 is 23.9 Å². The SMILES string of the molecule is CCc1cc(C(=O)N[C@@H]2C[C@@H](C(=O)N[C@H](CO)Cc3ccccc3)N(C(=O)c3coc4ccccc34)C2)n(C)n1. The third kappa shape index (κ3) is 5.62. The number of fused-ring (bicyclic) bond motifs is 1. The van der Waals surface area contributed by atoms with Gasteiger partial charge in [0.2, 0.25) is 5.91 Å². The molecular formula is C30H33N5O5. The molecule has 1 saturated heterocycles. The Morgan fingerprint density at radius 1 is 1.12 bits per heavy atom. The van der Waals surface area contributed by atoms with E-state index >= 15 is 0 Å². The molecule has 0 unspecified atom stereocenters. The van der Waals surface area contributed by atoms with Crippen LogP contribution in [0.3, 0.4) is 0 Å². The molecule has 0 spiro atoms. The molecule has 0 aliphatic carbocycles. The van der Waals surface area contributed by atoms with Crippen LogP contribution in [0.5, 0.6) is 0 Å². The van der Waals surface area contributed by atoms with Crippen LogP contribution in [0.25, 0.3) is 11.0 Å². The highest BCUT2D eigenvalue weighted by atomic mass is 16.3. The topological polar surface area (TPSA) is 130 Å². The number of rotatable bonds is 9. The van der Waals surface area contributed by atoms with Crippen molar-refractivity contribution in [2.24, 2.45) is 7.05 Å². The molecule has 40 heavy (non-hydrogen) atoms. The zero-order valence-electron chi connectivity index (χ0n) is 22.5. The number of aryl methyl sites for hydroxylation is 2.